The van der Waals surface area contributed by atoms with E-state index in [0.717, 1.165) is 11.1 Å². The predicted molar refractivity (Wildman–Crippen MR) is 140 cm³/mol. The smallest absolute Gasteiger partial charge is 0.261 e. The van der Waals surface area contributed by atoms with Crippen LogP contribution in [0, 0.1) is 0 Å². The Kier molecular flexibility index (Phi) is 9.65. The van der Waals surface area contributed by atoms with Crippen LogP contribution in [0.15, 0.2) is 71.2 Å². The van der Waals surface area contributed by atoms with Crippen molar-refractivity contribution in [3.63, 3.8) is 0 Å². The third-order valence-electron chi connectivity index (χ3n) is 5.10. The number of hydrogen-bond donors (Lipinski definition) is 1. The summed E-state index contributed by atoms with van der Waals surface area (Å²) in [6, 6.07) is 18.9. The van der Waals surface area contributed by atoms with Gasteiger partial charge in [0.25, 0.3) is 5.91 Å². The summed E-state index contributed by atoms with van der Waals surface area (Å²) in [6.07, 6.45) is 0.332. The Morgan fingerprint density at radius 1 is 0.971 bits per heavy atom. The number of carbonyl (C=O) groups is 2. The van der Waals surface area contributed by atoms with Crippen molar-refractivity contribution in [1.82, 2.24) is 10.2 Å². The highest BCUT2D eigenvalue weighted by atomic mass is 79.9. The van der Waals surface area contributed by atoms with E-state index in [2.05, 4.69) is 21.2 Å². The number of rotatable bonds is 9. The van der Waals surface area contributed by atoms with Gasteiger partial charge < -0.3 is 15.0 Å². The lowest BCUT2D eigenvalue weighted by atomic mass is 10.0. The lowest BCUT2D eigenvalue weighted by Gasteiger charge is -2.31. The molecule has 9 heteroatoms. The Labute approximate surface area is 222 Å². The van der Waals surface area contributed by atoms with E-state index < -0.39 is 6.04 Å². The molecule has 0 radical (unpaired) electrons. The van der Waals surface area contributed by atoms with Gasteiger partial charge in [-0.1, -0.05) is 71.2 Å². The molecule has 0 aromatic heterocycles. The fourth-order valence-electron chi connectivity index (χ4n) is 3.37. The Morgan fingerprint density at radius 2 is 1.71 bits per heavy atom. The SMILES string of the molecule is CNC(=O)C(Cc1ccccc1)N(Cc1ccc(Cl)c(Cl)c1)C(=O)COc1ccc(Cl)cc1Br. The number of amides is 2. The quantitative estimate of drug-likeness (QED) is 0.327. The molecule has 0 spiro atoms. The fraction of sp³-hybridized carbons (Fsp3) is 0.200. The summed E-state index contributed by atoms with van der Waals surface area (Å²) in [7, 11) is 1.55. The van der Waals surface area contributed by atoms with Crippen molar-refractivity contribution in [3.05, 3.63) is 97.4 Å². The van der Waals surface area contributed by atoms with Crippen molar-refractivity contribution in [1.29, 1.82) is 0 Å². The summed E-state index contributed by atoms with van der Waals surface area (Å²) in [5.41, 5.74) is 1.65. The maximum absolute atomic E-state index is 13.4. The fourth-order valence-corrected chi connectivity index (χ4v) is 4.49. The summed E-state index contributed by atoms with van der Waals surface area (Å²) in [4.78, 5) is 27.8. The molecule has 0 bridgehead atoms. The first-order valence-corrected chi connectivity index (χ1v) is 12.3. The first-order valence-electron chi connectivity index (χ1n) is 10.3. The van der Waals surface area contributed by atoms with Crippen LogP contribution in [-0.4, -0.2) is 36.4 Å². The molecule has 0 aliphatic rings. The second kappa shape index (κ2) is 12.5. The van der Waals surface area contributed by atoms with E-state index in [1.165, 1.54) is 4.90 Å². The van der Waals surface area contributed by atoms with E-state index in [0.29, 0.717) is 31.7 Å². The second-order valence-corrected chi connectivity index (χ2v) is 9.56. The van der Waals surface area contributed by atoms with Crippen LogP contribution in [0.25, 0.3) is 0 Å². The molecule has 0 fully saturated rings. The van der Waals surface area contributed by atoms with Crippen molar-refractivity contribution in [2.24, 2.45) is 0 Å². The number of carbonyl (C=O) groups excluding carboxylic acids is 2. The number of benzene rings is 3. The third kappa shape index (κ3) is 7.12. The standard InChI is InChI=1S/C25H22BrCl3N2O3/c1-30-25(33)22(12-16-5-3-2-4-6-16)31(14-17-7-9-20(28)21(29)11-17)24(32)15-34-23-10-8-18(27)13-19(23)26/h2-11,13,22H,12,14-15H2,1H3,(H,30,33). The average molecular weight is 585 g/mol. The van der Waals surface area contributed by atoms with Gasteiger partial charge in [-0.2, -0.15) is 0 Å². The van der Waals surface area contributed by atoms with Crippen molar-refractivity contribution < 1.29 is 14.3 Å². The first kappa shape index (κ1) is 26.4. The van der Waals surface area contributed by atoms with E-state index in [9.17, 15) is 9.59 Å². The molecule has 0 heterocycles. The molecule has 0 saturated carbocycles. The highest BCUT2D eigenvalue weighted by Gasteiger charge is 2.30. The Hall–Kier alpha value is -2.25. The molecule has 3 aromatic carbocycles. The van der Waals surface area contributed by atoms with E-state index >= 15 is 0 Å². The van der Waals surface area contributed by atoms with Gasteiger partial charge in [-0.05, 0) is 57.4 Å². The summed E-state index contributed by atoms with van der Waals surface area (Å²) in [6.45, 7) is -0.129. The minimum Gasteiger partial charge on any atom is -0.483 e. The Bertz CT molecular complexity index is 1160. The highest BCUT2D eigenvalue weighted by molar-refractivity contribution is 9.10. The highest BCUT2D eigenvalue weighted by Crippen LogP contribution is 2.28. The molecule has 3 aromatic rings. The normalized spacial score (nSPS) is 11.6. The summed E-state index contributed by atoms with van der Waals surface area (Å²) < 4.78 is 6.37. The molecular weight excluding hydrogens is 563 g/mol. The van der Waals surface area contributed by atoms with Gasteiger partial charge in [0, 0.05) is 25.0 Å². The topological polar surface area (TPSA) is 58.6 Å². The lowest BCUT2D eigenvalue weighted by Crippen LogP contribution is -2.51. The largest absolute Gasteiger partial charge is 0.483 e. The van der Waals surface area contributed by atoms with Crippen LogP contribution in [-0.2, 0) is 22.6 Å². The number of hydrogen-bond acceptors (Lipinski definition) is 3. The van der Waals surface area contributed by atoms with Gasteiger partial charge in [0.05, 0.1) is 14.5 Å². The predicted octanol–water partition coefficient (Wildman–Crippen LogP) is 6.17. The van der Waals surface area contributed by atoms with Crippen molar-refractivity contribution in [3.8, 4) is 5.75 Å². The molecule has 3 rings (SSSR count). The zero-order valence-electron chi connectivity index (χ0n) is 18.2. The number of nitrogens with one attached hydrogen (secondary N) is 1. The summed E-state index contributed by atoms with van der Waals surface area (Å²) >= 11 is 21.6. The van der Waals surface area contributed by atoms with E-state index in [1.807, 2.05) is 30.3 Å². The minimum atomic E-state index is -0.772. The summed E-state index contributed by atoms with van der Waals surface area (Å²) in [5, 5.41) is 3.99. The molecule has 0 aliphatic heterocycles. The minimum absolute atomic E-state index is 0.145. The maximum Gasteiger partial charge on any atom is 0.261 e. The Balaban J connectivity index is 1.90. The molecule has 0 saturated heterocycles. The van der Waals surface area contributed by atoms with Crippen LogP contribution in [0.5, 0.6) is 5.75 Å². The molecule has 2 amide bonds. The molecule has 178 valence electrons. The van der Waals surface area contributed by atoms with E-state index in [-0.39, 0.29) is 25.0 Å². The molecule has 1 N–H and O–H groups in total. The molecule has 1 atom stereocenters. The zero-order valence-corrected chi connectivity index (χ0v) is 22.1. The van der Waals surface area contributed by atoms with Crippen molar-refractivity contribution >= 4 is 62.5 Å². The van der Waals surface area contributed by atoms with Crippen LogP contribution in [0.1, 0.15) is 11.1 Å². The number of ether oxygens (including phenoxy) is 1. The van der Waals surface area contributed by atoms with Gasteiger partial charge >= 0.3 is 0 Å². The molecular formula is C25H22BrCl3N2O3. The van der Waals surface area contributed by atoms with E-state index in [1.54, 1.807) is 43.4 Å². The van der Waals surface area contributed by atoms with Gasteiger partial charge in [-0.25, -0.2) is 0 Å². The maximum atomic E-state index is 13.4. The van der Waals surface area contributed by atoms with Gasteiger partial charge in [0.2, 0.25) is 5.91 Å². The monoisotopic (exact) mass is 582 g/mol. The molecule has 1 unspecified atom stereocenters. The molecule has 34 heavy (non-hydrogen) atoms. The average Bonchev–Trinajstić information content (AvgIpc) is 2.83. The van der Waals surface area contributed by atoms with Crippen molar-refractivity contribution in [2.75, 3.05) is 13.7 Å². The van der Waals surface area contributed by atoms with Crippen LogP contribution >= 0.6 is 50.7 Å². The Morgan fingerprint density at radius 3 is 2.35 bits per heavy atom. The third-order valence-corrected chi connectivity index (χ3v) is 6.69. The van der Waals surface area contributed by atoms with Gasteiger partial charge in [-0.3, -0.25) is 9.59 Å². The van der Waals surface area contributed by atoms with Crippen molar-refractivity contribution in [2.45, 2.75) is 19.0 Å². The first-order chi connectivity index (χ1) is 16.3. The van der Waals surface area contributed by atoms with Crippen LogP contribution in [0.3, 0.4) is 0 Å². The second-order valence-electron chi connectivity index (χ2n) is 7.45. The number of nitrogens with zero attached hydrogens (tertiary/aromatic N) is 1. The summed E-state index contributed by atoms with van der Waals surface area (Å²) in [5.74, 6) is -0.186. The zero-order chi connectivity index (χ0) is 24.7. The molecule has 0 aliphatic carbocycles. The van der Waals surface area contributed by atoms with E-state index in [4.69, 9.17) is 39.5 Å². The molecule has 5 nitrogen and oxygen atoms in total. The van der Waals surface area contributed by atoms with Crippen LogP contribution < -0.4 is 10.1 Å². The van der Waals surface area contributed by atoms with Gasteiger partial charge in [0.15, 0.2) is 6.61 Å². The van der Waals surface area contributed by atoms with Gasteiger partial charge in [-0.15, -0.1) is 0 Å². The number of likely N-dealkylation sites (N-methyl/N-ethyl adjacent to an activating group) is 1. The van der Waals surface area contributed by atoms with Crippen LogP contribution in [0.2, 0.25) is 15.1 Å². The number of halogens is 4. The van der Waals surface area contributed by atoms with Gasteiger partial charge in [0.1, 0.15) is 11.8 Å². The lowest BCUT2D eigenvalue weighted by molar-refractivity contribution is -0.142. The van der Waals surface area contributed by atoms with Crippen LogP contribution in [0.4, 0.5) is 0 Å².